The lowest BCUT2D eigenvalue weighted by Crippen LogP contribution is -2.32. The summed E-state index contributed by atoms with van der Waals surface area (Å²) in [6.07, 6.45) is 0.107. The summed E-state index contributed by atoms with van der Waals surface area (Å²) < 4.78 is 5.75. The molecule has 2 N–H and O–H groups in total. The highest BCUT2D eigenvalue weighted by Gasteiger charge is 2.41. The average molecular weight is 290 g/mol. The van der Waals surface area contributed by atoms with Crippen molar-refractivity contribution in [1.82, 2.24) is 5.32 Å². The standard InChI is InChI=1S/C17H26N2O2/c1-5-18-10-14-7-6-8-15(9-14)19-17(20)16-11(2)12(3)21-13(16)4/h6-9,11-13,16,18H,5,10H2,1-4H3,(H,19,20). The van der Waals surface area contributed by atoms with Gasteiger partial charge in [-0.25, -0.2) is 0 Å². The molecule has 1 fully saturated rings. The summed E-state index contributed by atoms with van der Waals surface area (Å²) in [6.45, 7) is 9.92. The van der Waals surface area contributed by atoms with Crippen molar-refractivity contribution in [3.8, 4) is 0 Å². The van der Waals surface area contributed by atoms with Gasteiger partial charge in [-0.3, -0.25) is 4.79 Å². The second-order valence-electron chi connectivity index (χ2n) is 5.90. The van der Waals surface area contributed by atoms with E-state index < -0.39 is 0 Å². The zero-order valence-corrected chi connectivity index (χ0v) is 13.3. The zero-order chi connectivity index (χ0) is 15.4. The smallest absolute Gasteiger partial charge is 0.230 e. The molecule has 0 radical (unpaired) electrons. The van der Waals surface area contributed by atoms with E-state index in [2.05, 4.69) is 30.5 Å². The van der Waals surface area contributed by atoms with Gasteiger partial charge in [-0.1, -0.05) is 26.0 Å². The summed E-state index contributed by atoms with van der Waals surface area (Å²) in [5, 5.41) is 6.32. The van der Waals surface area contributed by atoms with E-state index in [1.165, 1.54) is 5.56 Å². The van der Waals surface area contributed by atoms with Gasteiger partial charge in [0.25, 0.3) is 0 Å². The first-order chi connectivity index (χ1) is 10.0. The third-order valence-electron chi connectivity index (χ3n) is 4.32. The van der Waals surface area contributed by atoms with Crippen LogP contribution in [-0.2, 0) is 16.1 Å². The number of carbonyl (C=O) groups is 1. The summed E-state index contributed by atoms with van der Waals surface area (Å²) in [7, 11) is 0. The minimum absolute atomic E-state index is 0.0278. The number of hydrogen-bond acceptors (Lipinski definition) is 3. The molecule has 0 spiro atoms. The molecule has 0 aromatic heterocycles. The van der Waals surface area contributed by atoms with E-state index in [0.29, 0.717) is 0 Å². The first kappa shape index (κ1) is 16.0. The Balaban J connectivity index is 2.02. The van der Waals surface area contributed by atoms with Gasteiger partial charge in [0.1, 0.15) is 0 Å². The molecule has 1 aromatic carbocycles. The van der Waals surface area contributed by atoms with Gasteiger partial charge < -0.3 is 15.4 Å². The van der Waals surface area contributed by atoms with Gasteiger partial charge >= 0.3 is 0 Å². The van der Waals surface area contributed by atoms with Crippen molar-refractivity contribution in [3.05, 3.63) is 29.8 Å². The SMILES string of the molecule is CCNCc1cccc(NC(=O)C2C(C)OC(C)C2C)c1. The van der Waals surface area contributed by atoms with Crippen LogP contribution in [0.25, 0.3) is 0 Å². The van der Waals surface area contributed by atoms with Crippen LogP contribution in [0.2, 0.25) is 0 Å². The fraction of sp³-hybridized carbons (Fsp3) is 0.588. The fourth-order valence-corrected chi connectivity index (χ4v) is 2.97. The number of hydrogen-bond donors (Lipinski definition) is 2. The molecule has 4 nitrogen and oxygen atoms in total. The zero-order valence-electron chi connectivity index (χ0n) is 13.3. The molecule has 4 unspecified atom stereocenters. The first-order valence-corrected chi connectivity index (χ1v) is 7.79. The van der Waals surface area contributed by atoms with Crippen molar-refractivity contribution < 1.29 is 9.53 Å². The summed E-state index contributed by atoms with van der Waals surface area (Å²) in [5.74, 6) is 0.210. The highest BCUT2D eigenvalue weighted by molar-refractivity contribution is 5.93. The van der Waals surface area contributed by atoms with E-state index in [4.69, 9.17) is 4.74 Å². The molecule has 1 amide bonds. The molecule has 1 saturated heterocycles. The predicted octanol–water partition coefficient (Wildman–Crippen LogP) is 2.79. The van der Waals surface area contributed by atoms with Gasteiger partial charge in [-0.05, 0) is 44.0 Å². The van der Waals surface area contributed by atoms with Gasteiger partial charge in [0.15, 0.2) is 0 Å². The minimum Gasteiger partial charge on any atom is -0.374 e. The number of carbonyl (C=O) groups excluding carboxylic acids is 1. The van der Waals surface area contributed by atoms with Gasteiger partial charge in [-0.2, -0.15) is 0 Å². The maximum atomic E-state index is 12.5. The molecule has 21 heavy (non-hydrogen) atoms. The Morgan fingerprint density at radius 3 is 2.62 bits per heavy atom. The average Bonchev–Trinajstić information content (AvgIpc) is 2.70. The fourth-order valence-electron chi connectivity index (χ4n) is 2.97. The van der Waals surface area contributed by atoms with Crippen LogP contribution in [0.15, 0.2) is 24.3 Å². The van der Waals surface area contributed by atoms with E-state index in [0.717, 1.165) is 18.8 Å². The molecule has 0 saturated carbocycles. The summed E-state index contributed by atoms with van der Waals surface area (Å²) >= 11 is 0. The molecule has 1 aliphatic heterocycles. The van der Waals surface area contributed by atoms with E-state index in [-0.39, 0.29) is 30.0 Å². The largest absolute Gasteiger partial charge is 0.374 e. The van der Waals surface area contributed by atoms with Crippen molar-refractivity contribution in [1.29, 1.82) is 0 Å². The first-order valence-electron chi connectivity index (χ1n) is 7.79. The second-order valence-corrected chi connectivity index (χ2v) is 5.90. The Bertz CT molecular complexity index is 489. The van der Waals surface area contributed by atoms with E-state index in [1.807, 2.05) is 32.0 Å². The monoisotopic (exact) mass is 290 g/mol. The van der Waals surface area contributed by atoms with Crippen LogP contribution < -0.4 is 10.6 Å². The van der Waals surface area contributed by atoms with Gasteiger partial charge in [0, 0.05) is 12.2 Å². The molecule has 116 valence electrons. The van der Waals surface area contributed by atoms with Gasteiger partial charge in [-0.15, -0.1) is 0 Å². The van der Waals surface area contributed by atoms with Crippen molar-refractivity contribution in [2.45, 2.75) is 46.4 Å². The Hall–Kier alpha value is -1.39. The number of anilines is 1. The van der Waals surface area contributed by atoms with Crippen LogP contribution in [0.1, 0.15) is 33.3 Å². The third kappa shape index (κ3) is 3.83. The molecule has 0 aliphatic carbocycles. The van der Waals surface area contributed by atoms with Crippen LogP contribution in [0.5, 0.6) is 0 Å². The van der Waals surface area contributed by atoms with E-state index >= 15 is 0 Å². The minimum atomic E-state index is -0.0857. The maximum absolute atomic E-state index is 12.5. The topological polar surface area (TPSA) is 50.4 Å². The number of nitrogens with one attached hydrogen (secondary N) is 2. The highest BCUT2D eigenvalue weighted by atomic mass is 16.5. The lowest BCUT2D eigenvalue weighted by atomic mass is 9.89. The van der Waals surface area contributed by atoms with Crippen LogP contribution >= 0.6 is 0 Å². The van der Waals surface area contributed by atoms with Crippen molar-refractivity contribution in [2.75, 3.05) is 11.9 Å². The molecule has 4 heteroatoms. The maximum Gasteiger partial charge on any atom is 0.230 e. The van der Waals surface area contributed by atoms with Crippen LogP contribution in [-0.4, -0.2) is 24.7 Å². The third-order valence-corrected chi connectivity index (χ3v) is 4.32. The lowest BCUT2D eigenvalue weighted by molar-refractivity contribution is -0.121. The van der Waals surface area contributed by atoms with Gasteiger partial charge in [0.2, 0.25) is 5.91 Å². The predicted molar refractivity (Wildman–Crippen MR) is 85.1 cm³/mol. The molecular weight excluding hydrogens is 264 g/mol. The normalized spacial score (nSPS) is 28.6. The summed E-state index contributed by atoms with van der Waals surface area (Å²) in [5.41, 5.74) is 2.03. The molecule has 2 rings (SSSR count). The highest BCUT2D eigenvalue weighted by Crippen LogP contribution is 2.33. The lowest BCUT2D eigenvalue weighted by Gasteiger charge is -2.18. The molecule has 1 aliphatic rings. The van der Waals surface area contributed by atoms with Crippen LogP contribution in [0.4, 0.5) is 5.69 Å². The van der Waals surface area contributed by atoms with Gasteiger partial charge in [0.05, 0.1) is 18.1 Å². The Labute approximate surface area is 127 Å². The Kier molecular flexibility index (Phi) is 5.37. The van der Waals surface area contributed by atoms with Crippen LogP contribution in [0, 0.1) is 11.8 Å². The van der Waals surface area contributed by atoms with Crippen molar-refractivity contribution in [2.24, 2.45) is 11.8 Å². The summed E-state index contributed by atoms with van der Waals surface area (Å²) in [4.78, 5) is 12.5. The molecule has 4 atom stereocenters. The summed E-state index contributed by atoms with van der Waals surface area (Å²) in [6, 6.07) is 7.99. The van der Waals surface area contributed by atoms with E-state index in [9.17, 15) is 4.79 Å². The number of benzene rings is 1. The number of rotatable bonds is 5. The second kappa shape index (κ2) is 7.05. The van der Waals surface area contributed by atoms with E-state index in [1.54, 1.807) is 0 Å². The Morgan fingerprint density at radius 2 is 2.00 bits per heavy atom. The Morgan fingerprint density at radius 1 is 1.24 bits per heavy atom. The van der Waals surface area contributed by atoms with Crippen molar-refractivity contribution >= 4 is 11.6 Å². The van der Waals surface area contributed by atoms with Crippen LogP contribution in [0.3, 0.4) is 0 Å². The molecular formula is C17H26N2O2. The molecule has 0 bridgehead atoms. The molecule has 1 heterocycles. The van der Waals surface area contributed by atoms with Crippen molar-refractivity contribution in [3.63, 3.8) is 0 Å². The number of amides is 1. The number of ether oxygens (including phenoxy) is 1. The quantitative estimate of drug-likeness (QED) is 0.876. The molecule has 1 aromatic rings.